The van der Waals surface area contributed by atoms with Gasteiger partial charge in [0.2, 0.25) is 0 Å². The van der Waals surface area contributed by atoms with Crippen LogP contribution in [0.25, 0.3) is 0 Å². The molecule has 5 heteroatoms. The smallest absolute Gasteiger partial charge is 0.147 e. The second-order valence-corrected chi connectivity index (χ2v) is 9.26. The molecule has 0 bridgehead atoms. The molecule has 0 aliphatic heterocycles. The molecule has 0 saturated heterocycles. The van der Waals surface area contributed by atoms with E-state index in [2.05, 4.69) is 44.0 Å². The van der Waals surface area contributed by atoms with Gasteiger partial charge < -0.3 is 9.47 Å². The summed E-state index contributed by atoms with van der Waals surface area (Å²) in [4.78, 5) is 13.2. The van der Waals surface area contributed by atoms with Crippen LogP contribution in [0.15, 0.2) is 36.4 Å². The van der Waals surface area contributed by atoms with Gasteiger partial charge >= 0.3 is 0 Å². The molecule has 0 amide bonds. The maximum atomic E-state index is 13.2. The van der Waals surface area contributed by atoms with Gasteiger partial charge in [0.25, 0.3) is 0 Å². The van der Waals surface area contributed by atoms with Crippen molar-refractivity contribution in [2.75, 3.05) is 23.9 Å². The third-order valence-electron chi connectivity index (χ3n) is 5.32. The second-order valence-electron chi connectivity index (χ2n) is 7.68. The van der Waals surface area contributed by atoms with E-state index in [0.717, 1.165) is 57.3 Å². The molecule has 0 fully saturated rings. The Balaban J connectivity index is 2.08. The van der Waals surface area contributed by atoms with E-state index in [4.69, 9.17) is 9.47 Å². The van der Waals surface area contributed by atoms with Crippen LogP contribution in [-0.2, 0) is 4.79 Å². The normalized spacial score (nSPS) is 13.0. The van der Waals surface area contributed by atoms with Gasteiger partial charge in [-0.15, -0.1) is 0 Å². The lowest BCUT2D eigenvalue weighted by atomic mass is 9.85. The number of rotatable bonds is 12. The van der Waals surface area contributed by atoms with E-state index in [1.165, 1.54) is 0 Å². The Morgan fingerprint density at radius 1 is 0.800 bits per heavy atom. The van der Waals surface area contributed by atoms with Gasteiger partial charge in [-0.3, -0.25) is 4.79 Å². The van der Waals surface area contributed by atoms with E-state index in [1.807, 2.05) is 52.0 Å². The second kappa shape index (κ2) is 12.5. The number of carbonyl (C=O) groups is 1. The summed E-state index contributed by atoms with van der Waals surface area (Å²) in [5.41, 5.74) is 4.19. The molecule has 3 nitrogen and oxygen atoms in total. The Labute approximate surface area is 197 Å². The van der Waals surface area contributed by atoms with Crippen LogP contribution in [0.4, 0.5) is 0 Å². The summed E-state index contributed by atoms with van der Waals surface area (Å²) < 4.78 is 11.6. The summed E-state index contributed by atoms with van der Waals surface area (Å²) in [6.07, 6.45) is 1.93. The SMILES string of the molecule is Cc1cc(C(C)C(=O)C(C)c2ccc(OCCCBr)c(C)c2)ccc1OCCCBr. The third-order valence-corrected chi connectivity index (χ3v) is 6.44. The maximum Gasteiger partial charge on any atom is 0.147 e. The molecule has 0 saturated carbocycles. The van der Waals surface area contributed by atoms with Gasteiger partial charge in [0.15, 0.2) is 0 Å². The van der Waals surface area contributed by atoms with Crippen molar-refractivity contribution in [1.82, 2.24) is 0 Å². The predicted octanol–water partition coefficient (Wildman–Crippen LogP) is 7.11. The zero-order valence-corrected chi connectivity index (χ0v) is 21.5. The molecule has 2 aromatic rings. The number of ketones is 1. The summed E-state index contributed by atoms with van der Waals surface area (Å²) in [5.74, 6) is 1.64. The molecule has 2 rings (SSSR count). The lowest BCUT2D eigenvalue weighted by Crippen LogP contribution is -2.17. The van der Waals surface area contributed by atoms with Gasteiger partial charge in [0.05, 0.1) is 13.2 Å². The van der Waals surface area contributed by atoms with Gasteiger partial charge in [0.1, 0.15) is 17.3 Å². The highest BCUT2D eigenvalue weighted by atomic mass is 79.9. The number of hydrogen-bond donors (Lipinski definition) is 0. The quantitative estimate of drug-likeness (QED) is 0.213. The number of halogens is 2. The molecule has 2 aromatic carbocycles. The first-order valence-corrected chi connectivity index (χ1v) is 12.8. The van der Waals surface area contributed by atoms with Crippen LogP contribution in [0, 0.1) is 13.8 Å². The Hall–Kier alpha value is -1.33. The highest BCUT2D eigenvalue weighted by molar-refractivity contribution is 9.09. The van der Waals surface area contributed by atoms with E-state index in [9.17, 15) is 4.79 Å². The molecule has 0 aromatic heterocycles. The van der Waals surface area contributed by atoms with Crippen molar-refractivity contribution in [3.8, 4) is 11.5 Å². The molecule has 2 unspecified atom stereocenters. The molecular weight excluding hydrogens is 508 g/mol. The summed E-state index contributed by atoms with van der Waals surface area (Å²) in [7, 11) is 0. The Bertz CT molecular complexity index is 768. The van der Waals surface area contributed by atoms with Crippen molar-refractivity contribution in [2.45, 2.75) is 52.4 Å². The average Bonchev–Trinajstić information content (AvgIpc) is 2.74. The molecule has 164 valence electrons. The zero-order chi connectivity index (χ0) is 22.1. The largest absolute Gasteiger partial charge is 0.493 e. The lowest BCUT2D eigenvalue weighted by molar-refractivity contribution is -0.121. The third kappa shape index (κ3) is 6.84. The Kier molecular flexibility index (Phi) is 10.4. The molecule has 0 N–H and O–H groups in total. The van der Waals surface area contributed by atoms with Crippen LogP contribution in [0.3, 0.4) is 0 Å². The van der Waals surface area contributed by atoms with Crippen molar-refractivity contribution in [2.24, 2.45) is 0 Å². The van der Waals surface area contributed by atoms with Gasteiger partial charge in [0, 0.05) is 22.5 Å². The minimum absolute atomic E-state index is 0.176. The van der Waals surface area contributed by atoms with Crippen molar-refractivity contribution < 1.29 is 14.3 Å². The minimum Gasteiger partial charge on any atom is -0.493 e. The summed E-state index contributed by atoms with van der Waals surface area (Å²) in [6, 6.07) is 12.1. The van der Waals surface area contributed by atoms with Crippen LogP contribution in [0.5, 0.6) is 11.5 Å². The molecule has 0 radical (unpaired) electrons. The fraction of sp³-hybridized carbons (Fsp3) is 0.480. The predicted molar refractivity (Wildman–Crippen MR) is 132 cm³/mol. The standard InChI is InChI=1S/C25H32Br2O3/c1-17-15-21(7-9-23(17)29-13-5-11-26)19(3)25(28)20(4)22-8-10-24(18(2)16-22)30-14-6-12-27/h7-10,15-16,19-20H,5-6,11-14H2,1-4H3. The first-order valence-electron chi connectivity index (χ1n) is 10.5. The average molecular weight is 540 g/mol. The first-order chi connectivity index (χ1) is 14.4. The summed E-state index contributed by atoms with van der Waals surface area (Å²) in [5, 5.41) is 1.86. The summed E-state index contributed by atoms with van der Waals surface area (Å²) >= 11 is 6.83. The number of Topliss-reactive ketones (excluding diaryl/α,β-unsaturated/α-hetero) is 1. The molecule has 0 heterocycles. The highest BCUT2D eigenvalue weighted by Gasteiger charge is 2.24. The topological polar surface area (TPSA) is 35.5 Å². The fourth-order valence-electron chi connectivity index (χ4n) is 3.38. The molecule has 2 atom stereocenters. The van der Waals surface area contributed by atoms with E-state index >= 15 is 0 Å². The van der Waals surface area contributed by atoms with E-state index in [0.29, 0.717) is 13.2 Å². The van der Waals surface area contributed by atoms with Crippen LogP contribution < -0.4 is 9.47 Å². The van der Waals surface area contributed by atoms with Crippen molar-refractivity contribution in [3.05, 3.63) is 58.7 Å². The molecule has 30 heavy (non-hydrogen) atoms. The van der Waals surface area contributed by atoms with E-state index in [-0.39, 0.29) is 17.6 Å². The fourth-order valence-corrected chi connectivity index (χ4v) is 3.84. The van der Waals surface area contributed by atoms with E-state index in [1.54, 1.807) is 0 Å². The zero-order valence-electron chi connectivity index (χ0n) is 18.3. The lowest BCUT2D eigenvalue weighted by Gasteiger charge is -2.19. The number of hydrogen-bond acceptors (Lipinski definition) is 3. The van der Waals surface area contributed by atoms with Gasteiger partial charge in [-0.05, 0) is 61.1 Å². The van der Waals surface area contributed by atoms with Gasteiger partial charge in [-0.1, -0.05) is 70.0 Å². The Morgan fingerprint density at radius 3 is 1.53 bits per heavy atom. The monoisotopic (exact) mass is 538 g/mol. The van der Waals surface area contributed by atoms with Crippen LogP contribution in [0.2, 0.25) is 0 Å². The number of benzene rings is 2. The number of ether oxygens (including phenoxy) is 2. The van der Waals surface area contributed by atoms with Gasteiger partial charge in [-0.2, -0.15) is 0 Å². The van der Waals surface area contributed by atoms with Crippen molar-refractivity contribution in [3.63, 3.8) is 0 Å². The molecular formula is C25H32Br2O3. The molecule has 0 spiro atoms. The molecule has 0 aliphatic rings. The minimum atomic E-state index is -0.176. The van der Waals surface area contributed by atoms with Crippen molar-refractivity contribution >= 4 is 37.6 Å². The number of alkyl halides is 2. The van der Waals surface area contributed by atoms with Crippen LogP contribution >= 0.6 is 31.9 Å². The van der Waals surface area contributed by atoms with E-state index < -0.39 is 0 Å². The number of aryl methyl sites for hydroxylation is 2. The molecule has 0 aliphatic carbocycles. The maximum absolute atomic E-state index is 13.2. The van der Waals surface area contributed by atoms with Crippen LogP contribution in [0.1, 0.15) is 60.8 Å². The first kappa shape index (κ1) is 24.9. The van der Waals surface area contributed by atoms with Gasteiger partial charge in [-0.25, -0.2) is 0 Å². The van der Waals surface area contributed by atoms with Crippen molar-refractivity contribution in [1.29, 1.82) is 0 Å². The van der Waals surface area contributed by atoms with Crippen LogP contribution in [-0.4, -0.2) is 29.7 Å². The highest BCUT2D eigenvalue weighted by Crippen LogP contribution is 2.31. The Morgan fingerprint density at radius 2 is 1.20 bits per heavy atom. The summed E-state index contributed by atoms with van der Waals surface area (Å²) in [6.45, 7) is 9.42. The number of carbonyl (C=O) groups excluding carboxylic acids is 1.